The summed E-state index contributed by atoms with van der Waals surface area (Å²) < 4.78 is 5.11. The Hall–Kier alpha value is -1.94. The molecule has 0 radical (unpaired) electrons. The molecule has 0 aliphatic rings. The van der Waals surface area contributed by atoms with Gasteiger partial charge in [-0.2, -0.15) is 0 Å². The maximum atomic E-state index is 11.3. The van der Waals surface area contributed by atoms with Crippen LogP contribution in [-0.2, 0) is 4.79 Å². The van der Waals surface area contributed by atoms with Gasteiger partial charge in [-0.15, -0.1) is 11.3 Å². The summed E-state index contributed by atoms with van der Waals surface area (Å²) in [6, 6.07) is 7.34. The molecule has 18 heavy (non-hydrogen) atoms. The van der Waals surface area contributed by atoms with Crippen LogP contribution in [0, 0.1) is 6.92 Å². The first-order valence-electron chi connectivity index (χ1n) is 5.56. The molecule has 0 aliphatic carbocycles. The number of benzene rings is 1. The summed E-state index contributed by atoms with van der Waals surface area (Å²) in [6.07, 6.45) is 4.88. The van der Waals surface area contributed by atoms with Gasteiger partial charge in [0.05, 0.1) is 0 Å². The minimum Gasteiger partial charge on any atom is -0.423 e. The second-order valence-corrected chi connectivity index (χ2v) is 4.96. The zero-order valence-electron chi connectivity index (χ0n) is 10.2. The summed E-state index contributed by atoms with van der Waals surface area (Å²) in [5, 5.41) is 0.971. The molecule has 0 atom stereocenters. The lowest BCUT2D eigenvalue weighted by atomic mass is 10.2. The van der Waals surface area contributed by atoms with Gasteiger partial charge in [0.1, 0.15) is 10.8 Å². The molecule has 1 aromatic heterocycles. The van der Waals surface area contributed by atoms with Gasteiger partial charge in [-0.3, -0.25) is 0 Å². The predicted octanol–water partition coefficient (Wildman–Crippen LogP) is 3.60. The van der Waals surface area contributed by atoms with Crippen molar-refractivity contribution >= 4 is 17.3 Å². The molecule has 2 aromatic rings. The number of esters is 1. The minimum atomic E-state index is -0.365. The van der Waals surface area contributed by atoms with Gasteiger partial charge < -0.3 is 4.74 Å². The fourth-order valence-electron chi connectivity index (χ4n) is 1.44. The van der Waals surface area contributed by atoms with Gasteiger partial charge in [-0.1, -0.05) is 6.08 Å². The van der Waals surface area contributed by atoms with E-state index in [0.29, 0.717) is 5.75 Å². The van der Waals surface area contributed by atoms with Crippen molar-refractivity contribution in [3.63, 3.8) is 0 Å². The van der Waals surface area contributed by atoms with Crippen molar-refractivity contribution in [1.29, 1.82) is 0 Å². The number of aromatic nitrogens is 1. The van der Waals surface area contributed by atoms with Crippen LogP contribution in [0.15, 0.2) is 42.6 Å². The molecule has 0 saturated heterocycles. The quantitative estimate of drug-likeness (QED) is 0.480. The van der Waals surface area contributed by atoms with Gasteiger partial charge in [0.25, 0.3) is 0 Å². The first-order chi connectivity index (χ1) is 8.69. The Balaban J connectivity index is 2.13. The number of carbonyl (C=O) groups excluding carboxylic acids is 1. The van der Waals surface area contributed by atoms with Crippen LogP contribution < -0.4 is 4.74 Å². The van der Waals surface area contributed by atoms with Crippen LogP contribution in [0.25, 0.3) is 10.6 Å². The normalized spacial score (nSPS) is 10.8. The maximum Gasteiger partial charge on any atom is 0.335 e. The topological polar surface area (TPSA) is 39.2 Å². The number of thiazole rings is 1. The summed E-state index contributed by atoms with van der Waals surface area (Å²) in [6.45, 7) is 3.80. The summed E-state index contributed by atoms with van der Waals surface area (Å²) in [7, 11) is 0. The van der Waals surface area contributed by atoms with Gasteiger partial charge in [0, 0.05) is 22.7 Å². The van der Waals surface area contributed by atoms with Crippen molar-refractivity contribution in [3.8, 4) is 16.3 Å². The molecule has 0 amide bonds. The molecular formula is C14H13NO2S. The molecule has 1 aromatic carbocycles. The van der Waals surface area contributed by atoms with E-state index in [-0.39, 0.29) is 5.97 Å². The number of hydrogen-bond donors (Lipinski definition) is 0. The van der Waals surface area contributed by atoms with Crippen molar-refractivity contribution in [2.45, 2.75) is 13.8 Å². The number of nitrogens with zero attached hydrogens (tertiary/aromatic N) is 1. The molecule has 4 heteroatoms. The lowest BCUT2D eigenvalue weighted by molar-refractivity contribution is -0.128. The first-order valence-corrected chi connectivity index (χ1v) is 6.38. The van der Waals surface area contributed by atoms with Gasteiger partial charge in [-0.25, -0.2) is 9.78 Å². The second-order valence-electron chi connectivity index (χ2n) is 3.72. The van der Waals surface area contributed by atoms with Gasteiger partial charge in [-0.05, 0) is 38.1 Å². The molecule has 1 heterocycles. The Bertz CT molecular complexity index is 570. The second kappa shape index (κ2) is 5.60. The van der Waals surface area contributed by atoms with Crippen LogP contribution in [0.2, 0.25) is 0 Å². The highest BCUT2D eigenvalue weighted by atomic mass is 32.1. The first kappa shape index (κ1) is 12.5. The molecule has 0 saturated carbocycles. The van der Waals surface area contributed by atoms with Crippen molar-refractivity contribution in [1.82, 2.24) is 4.98 Å². The van der Waals surface area contributed by atoms with E-state index in [2.05, 4.69) is 4.98 Å². The van der Waals surface area contributed by atoms with E-state index in [1.165, 1.54) is 11.0 Å². The number of rotatable bonds is 3. The van der Waals surface area contributed by atoms with E-state index in [4.69, 9.17) is 4.74 Å². The molecule has 0 bridgehead atoms. The van der Waals surface area contributed by atoms with Crippen LogP contribution in [0.3, 0.4) is 0 Å². The van der Waals surface area contributed by atoms with Crippen LogP contribution in [0.5, 0.6) is 5.75 Å². The highest BCUT2D eigenvalue weighted by molar-refractivity contribution is 7.14. The Labute approximate surface area is 110 Å². The van der Waals surface area contributed by atoms with Gasteiger partial charge >= 0.3 is 5.97 Å². The van der Waals surface area contributed by atoms with Gasteiger partial charge in [0.15, 0.2) is 0 Å². The highest BCUT2D eigenvalue weighted by Crippen LogP contribution is 2.26. The zero-order chi connectivity index (χ0) is 13.0. The summed E-state index contributed by atoms with van der Waals surface area (Å²) >= 11 is 1.64. The molecule has 0 aliphatic heterocycles. The van der Waals surface area contributed by atoms with Crippen LogP contribution in [0.4, 0.5) is 0 Å². The zero-order valence-corrected chi connectivity index (χ0v) is 11.0. The third kappa shape index (κ3) is 3.05. The van der Waals surface area contributed by atoms with E-state index in [1.54, 1.807) is 36.5 Å². The van der Waals surface area contributed by atoms with E-state index in [1.807, 2.05) is 25.3 Å². The number of allylic oxidation sites excluding steroid dienone is 1. The summed E-state index contributed by atoms with van der Waals surface area (Å²) in [5.74, 6) is 0.172. The van der Waals surface area contributed by atoms with E-state index in [0.717, 1.165) is 10.6 Å². The van der Waals surface area contributed by atoms with Crippen LogP contribution in [-0.4, -0.2) is 11.0 Å². The van der Waals surface area contributed by atoms with Crippen molar-refractivity contribution in [2.24, 2.45) is 0 Å². The number of ether oxygens (including phenoxy) is 1. The van der Waals surface area contributed by atoms with E-state index in [9.17, 15) is 4.79 Å². The number of hydrogen-bond acceptors (Lipinski definition) is 4. The Morgan fingerprint density at radius 2 is 2.06 bits per heavy atom. The smallest absolute Gasteiger partial charge is 0.335 e. The average Bonchev–Trinajstić information content (AvgIpc) is 2.77. The summed E-state index contributed by atoms with van der Waals surface area (Å²) in [5.41, 5.74) is 1.03. The fourth-order valence-corrected chi connectivity index (χ4v) is 2.21. The molecule has 92 valence electrons. The lowest BCUT2D eigenvalue weighted by Crippen LogP contribution is -2.03. The molecule has 0 unspecified atom stereocenters. The van der Waals surface area contributed by atoms with E-state index >= 15 is 0 Å². The largest absolute Gasteiger partial charge is 0.423 e. The Morgan fingerprint density at radius 1 is 1.33 bits per heavy atom. The van der Waals surface area contributed by atoms with Crippen molar-refractivity contribution in [2.75, 3.05) is 0 Å². The molecule has 2 rings (SSSR count). The lowest BCUT2D eigenvalue weighted by Gasteiger charge is -2.02. The molecule has 3 nitrogen and oxygen atoms in total. The maximum absolute atomic E-state index is 11.3. The minimum absolute atomic E-state index is 0.365. The number of carbonyl (C=O) groups is 1. The number of aryl methyl sites for hydroxylation is 1. The monoisotopic (exact) mass is 259 g/mol. The van der Waals surface area contributed by atoms with E-state index < -0.39 is 0 Å². The molecule has 0 fully saturated rings. The average molecular weight is 259 g/mol. The predicted molar refractivity (Wildman–Crippen MR) is 72.7 cm³/mol. The fraction of sp³-hybridized carbons (Fsp3) is 0.143. The van der Waals surface area contributed by atoms with Crippen LogP contribution >= 0.6 is 11.3 Å². The van der Waals surface area contributed by atoms with Crippen molar-refractivity contribution in [3.05, 3.63) is 47.5 Å². The summed E-state index contributed by atoms with van der Waals surface area (Å²) in [4.78, 5) is 16.7. The van der Waals surface area contributed by atoms with Crippen LogP contribution in [0.1, 0.15) is 11.8 Å². The highest BCUT2D eigenvalue weighted by Gasteiger charge is 2.04. The molecule has 0 spiro atoms. The third-order valence-electron chi connectivity index (χ3n) is 2.24. The van der Waals surface area contributed by atoms with Gasteiger partial charge in [0.2, 0.25) is 0 Å². The van der Waals surface area contributed by atoms with Crippen molar-refractivity contribution < 1.29 is 9.53 Å². The Kier molecular flexibility index (Phi) is 3.89. The standard InChI is InChI=1S/C14H13NO2S/c1-3-4-13(16)17-12-7-5-11(6-8-12)14-15-9-10(2)18-14/h3-9H,1-2H3/b4-3+. The SMILES string of the molecule is C/C=C/C(=O)Oc1ccc(-c2ncc(C)s2)cc1. The molecular weight excluding hydrogens is 246 g/mol. The molecule has 0 N–H and O–H groups in total. The third-order valence-corrected chi connectivity index (χ3v) is 3.21. The Morgan fingerprint density at radius 3 is 2.61 bits per heavy atom.